The first-order chi connectivity index (χ1) is 9.65. The second kappa shape index (κ2) is 5.29. The molecule has 1 saturated carbocycles. The van der Waals surface area contributed by atoms with Crippen molar-refractivity contribution >= 4 is 23.0 Å². The number of hydrogen-bond acceptors (Lipinski definition) is 3. The van der Waals surface area contributed by atoms with Gasteiger partial charge < -0.3 is 10.4 Å². The van der Waals surface area contributed by atoms with Gasteiger partial charge in [-0.1, -0.05) is 12.1 Å². The van der Waals surface area contributed by atoms with E-state index in [0.29, 0.717) is 17.5 Å². The van der Waals surface area contributed by atoms with Crippen LogP contribution in [0.3, 0.4) is 0 Å². The lowest BCUT2D eigenvalue weighted by Gasteiger charge is -2.20. The number of nitrogens with one attached hydrogen (secondary N) is 1. The van der Waals surface area contributed by atoms with Crippen molar-refractivity contribution in [1.29, 1.82) is 0 Å². The molecule has 3 rings (SSSR count). The number of carboxylic acids is 1. The van der Waals surface area contributed by atoms with Crippen molar-refractivity contribution in [1.82, 2.24) is 0 Å². The van der Waals surface area contributed by atoms with E-state index in [2.05, 4.69) is 22.8 Å². The van der Waals surface area contributed by atoms with Gasteiger partial charge in [0.1, 0.15) is 0 Å². The fourth-order valence-electron chi connectivity index (χ4n) is 2.40. The van der Waals surface area contributed by atoms with Crippen molar-refractivity contribution in [3.8, 4) is 0 Å². The molecular formula is C16H17NO2S. The lowest BCUT2D eigenvalue weighted by Crippen LogP contribution is -2.13. The first kappa shape index (κ1) is 13.2. The molecule has 1 aliphatic rings. The number of carbonyl (C=O) groups is 1. The third kappa shape index (κ3) is 2.70. The van der Waals surface area contributed by atoms with E-state index in [1.165, 1.54) is 17.7 Å². The summed E-state index contributed by atoms with van der Waals surface area (Å²) < 4.78 is 0. The molecule has 20 heavy (non-hydrogen) atoms. The van der Waals surface area contributed by atoms with E-state index in [9.17, 15) is 4.79 Å². The van der Waals surface area contributed by atoms with Crippen LogP contribution >= 0.6 is 11.3 Å². The van der Waals surface area contributed by atoms with Crippen LogP contribution in [-0.2, 0) is 0 Å². The number of benzene rings is 1. The van der Waals surface area contributed by atoms with Crippen LogP contribution in [0.5, 0.6) is 0 Å². The van der Waals surface area contributed by atoms with Crippen LogP contribution in [0.2, 0.25) is 0 Å². The van der Waals surface area contributed by atoms with E-state index in [1.807, 2.05) is 13.0 Å². The quantitative estimate of drug-likeness (QED) is 0.861. The molecule has 1 fully saturated rings. The zero-order chi connectivity index (χ0) is 14.1. The molecule has 0 spiro atoms. The predicted octanol–water partition coefficient (Wildman–Crippen LogP) is 4.32. The maximum atomic E-state index is 11.1. The Morgan fingerprint density at radius 1 is 1.40 bits per heavy atom. The summed E-state index contributed by atoms with van der Waals surface area (Å²) in [6.45, 7) is 2.01. The van der Waals surface area contributed by atoms with Gasteiger partial charge in [0.05, 0.1) is 11.6 Å². The number of rotatable bonds is 5. The molecule has 2 N–H and O–H groups in total. The molecule has 1 aromatic heterocycles. The number of anilines is 1. The highest BCUT2D eigenvalue weighted by molar-refractivity contribution is 7.10. The van der Waals surface area contributed by atoms with Gasteiger partial charge in [0.15, 0.2) is 0 Å². The number of aromatic carboxylic acids is 1. The third-order valence-corrected chi connectivity index (χ3v) is 4.69. The molecule has 3 nitrogen and oxygen atoms in total. The maximum Gasteiger partial charge on any atom is 0.335 e. The Labute approximate surface area is 122 Å². The van der Waals surface area contributed by atoms with Crippen LogP contribution in [0.4, 0.5) is 5.69 Å². The SMILES string of the molecule is Cc1ccc(C(=O)O)cc1NC(c1cccs1)C1CC1. The molecule has 1 heterocycles. The van der Waals surface area contributed by atoms with E-state index in [0.717, 1.165) is 11.3 Å². The van der Waals surface area contributed by atoms with Gasteiger partial charge in [-0.3, -0.25) is 0 Å². The smallest absolute Gasteiger partial charge is 0.335 e. The number of thiophene rings is 1. The average Bonchev–Trinajstić information content (AvgIpc) is 3.12. The average molecular weight is 287 g/mol. The Morgan fingerprint density at radius 2 is 2.20 bits per heavy atom. The van der Waals surface area contributed by atoms with Crippen molar-refractivity contribution in [2.45, 2.75) is 25.8 Å². The van der Waals surface area contributed by atoms with Crippen LogP contribution in [-0.4, -0.2) is 11.1 Å². The van der Waals surface area contributed by atoms with Crippen LogP contribution in [0.25, 0.3) is 0 Å². The molecule has 4 heteroatoms. The lowest BCUT2D eigenvalue weighted by atomic mass is 10.1. The summed E-state index contributed by atoms with van der Waals surface area (Å²) in [5, 5.41) is 14.8. The standard InChI is InChI=1S/C16H17NO2S/c1-10-4-5-12(16(18)19)9-13(10)17-15(11-6-7-11)14-3-2-8-20-14/h2-5,8-9,11,15,17H,6-7H2,1H3,(H,18,19). The Kier molecular flexibility index (Phi) is 3.49. The molecule has 1 unspecified atom stereocenters. The second-order valence-electron chi connectivity index (χ2n) is 5.31. The summed E-state index contributed by atoms with van der Waals surface area (Å²) in [4.78, 5) is 12.4. The van der Waals surface area contributed by atoms with Gasteiger partial charge in [-0.15, -0.1) is 11.3 Å². The fourth-order valence-corrected chi connectivity index (χ4v) is 3.27. The van der Waals surface area contributed by atoms with Gasteiger partial charge in [0.2, 0.25) is 0 Å². The Bertz CT molecular complexity index is 617. The molecule has 104 valence electrons. The molecule has 0 amide bonds. The van der Waals surface area contributed by atoms with Crippen molar-refractivity contribution in [2.75, 3.05) is 5.32 Å². The molecule has 0 radical (unpaired) electrons. The van der Waals surface area contributed by atoms with Gasteiger partial charge in [0.25, 0.3) is 0 Å². The molecule has 1 aliphatic carbocycles. The monoisotopic (exact) mass is 287 g/mol. The van der Waals surface area contributed by atoms with Gasteiger partial charge in [-0.05, 0) is 54.8 Å². The van der Waals surface area contributed by atoms with E-state index >= 15 is 0 Å². The highest BCUT2D eigenvalue weighted by Gasteiger charge is 2.33. The molecule has 1 atom stereocenters. The van der Waals surface area contributed by atoms with Gasteiger partial charge in [0, 0.05) is 10.6 Å². The van der Waals surface area contributed by atoms with Gasteiger partial charge >= 0.3 is 5.97 Å². The second-order valence-corrected chi connectivity index (χ2v) is 6.29. The van der Waals surface area contributed by atoms with Gasteiger partial charge in [-0.2, -0.15) is 0 Å². The van der Waals surface area contributed by atoms with E-state index in [1.54, 1.807) is 23.5 Å². The number of hydrogen-bond donors (Lipinski definition) is 2. The zero-order valence-electron chi connectivity index (χ0n) is 11.3. The maximum absolute atomic E-state index is 11.1. The van der Waals surface area contributed by atoms with Crippen LogP contribution in [0, 0.1) is 12.8 Å². The van der Waals surface area contributed by atoms with Crippen molar-refractivity contribution in [2.24, 2.45) is 5.92 Å². The Hall–Kier alpha value is -1.81. The first-order valence-electron chi connectivity index (χ1n) is 6.79. The minimum absolute atomic E-state index is 0.303. The summed E-state index contributed by atoms with van der Waals surface area (Å²) >= 11 is 1.76. The fraction of sp³-hybridized carbons (Fsp3) is 0.312. The predicted molar refractivity (Wildman–Crippen MR) is 81.5 cm³/mol. The number of carboxylic acid groups (broad SMARTS) is 1. The molecule has 0 bridgehead atoms. The number of aryl methyl sites for hydroxylation is 1. The summed E-state index contributed by atoms with van der Waals surface area (Å²) in [6, 6.07) is 9.78. The highest BCUT2D eigenvalue weighted by Crippen LogP contribution is 2.44. The molecule has 2 aromatic rings. The summed E-state index contributed by atoms with van der Waals surface area (Å²) in [5.41, 5.74) is 2.34. The minimum Gasteiger partial charge on any atom is -0.478 e. The molecule has 0 saturated heterocycles. The van der Waals surface area contributed by atoms with Crippen molar-refractivity contribution < 1.29 is 9.90 Å². The molecule has 0 aliphatic heterocycles. The zero-order valence-corrected chi connectivity index (χ0v) is 12.1. The molecular weight excluding hydrogens is 270 g/mol. The summed E-state index contributed by atoms with van der Waals surface area (Å²) in [7, 11) is 0. The van der Waals surface area contributed by atoms with E-state index in [4.69, 9.17) is 5.11 Å². The van der Waals surface area contributed by atoms with Crippen molar-refractivity contribution in [3.63, 3.8) is 0 Å². The van der Waals surface area contributed by atoms with E-state index < -0.39 is 5.97 Å². The van der Waals surface area contributed by atoms with Gasteiger partial charge in [-0.25, -0.2) is 4.79 Å². The highest BCUT2D eigenvalue weighted by atomic mass is 32.1. The van der Waals surface area contributed by atoms with Crippen LogP contribution in [0.1, 0.15) is 39.7 Å². The normalized spacial score (nSPS) is 15.8. The first-order valence-corrected chi connectivity index (χ1v) is 7.67. The van der Waals surface area contributed by atoms with E-state index in [-0.39, 0.29) is 0 Å². The molecule has 1 aromatic carbocycles. The van der Waals surface area contributed by atoms with Crippen molar-refractivity contribution in [3.05, 3.63) is 51.7 Å². The largest absolute Gasteiger partial charge is 0.478 e. The summed E-state index contributed by atoms with van der Waals surface area (Å²) in [6.07, 6.45) is 2.49. The Morgan fingerprint density at radius 3 is 2.80 bits per heavy atom. The van der Waals surface area contributed by atoms with Crippen LogP contribution in [0.15, 0.2) is 35.7 Å². The van der Waals surface area contributed by atoms with Crippen LogP contribution < -0.4 is 5.32 Å². The summed E-state index contributed by atoms with van der Waals surface area (Å²) in [5.74, 6) is -0.214. The Balaban J connectivity index is 1.88. The lowest BCUT2D eigenvalue weighted by molar-refractivity contribution is 0.0697. The minimum atomic E-state index is -0.882. The topological polar surface area (TPSA) is 49.3 Å². The third-order valence-electron chi connectivity index (χ3n) is 3.74.